The third-order valence-electron chi connectivity index (χ3n) is 7.42. The molecule has 1 heterocycles. The predicted molar refractivity (Wildman–Crippen MR) is 149 cm³/mol. The Morgan fingerprint density at radius 2 is 1.23 bits per heavy atom. The maximum atomic E-state index is 14.4. The fourth-order valence-corrected chi connectivity index (χ4v) is 5.69. The van der Waals surface area contributed by atoms with Crippen LogP contribution in [0.1, 0.15) is 33.5 Å². The van der Waals surface area contributed by atoms with E-state index >= 15 is 0 Å². The minimum atomic E-state index is -5.78. The van der Waals surface area contributed by atoms with Gasteiger partial charge in [0.1, 0.15) is 5.69 Å². The molecule has 0 radical (unpaired) electrons. The molecule has 12 heteroatoms. The van der Waals surface area contributed by atoms with E-state index in [4.69, 9.17) is 19.4 Å². The molecule has 0 aliphatic carbocycles. The van der Waals surface area contributed by atoms with Crippen molar-refractivity contribution in [2.75, 3.05) is 0 Å². The Bertz CT molecular complexity index is 1800. The number of nitrogens with zero attached hydrogens (tertiary/aromatic N) is 1. The molecule has 222 valence electrons. The molecular weight excluding hydrogens is 589 g/mol. The summed E-state index contributed by atoms with van der Waals surface area (Å²) in [6.07, 6.45) is 0.273. The minimum absolute atomic E-state index is 0.127. The van der Waals surface area contributed by atoms with Crippen LogP contribution >= 0.6 is 7.60 Å². The normalized spacial score (nSPS) is 14.0. The number of hydrogen-bond donors (Lipinski definition) is 3. The molecule has 1 unspecified atom stereocenters. The van der Waals surface area contributed by atoms with E-state index in [9.17, 15) is 26.9 Å². The summed E-state index contributed by atoms with van der Waals surface area (Å²) in [5, 5.41) is 14.0. The van der Waals surface area contributed by atoms with E-state index in [2.05, 4.69) is 5.16 Å². The van der Waals surface area contributed by atoms with Crippen LogP contribution in [0.25, 0.3) is 11.0 Å². The number of aliphatic carboxylic acids is 1. The zero-order valence-corrected chi connectivity index (χ0v) is 23.1. The van der Waals surface area contributed by atoms with Gasteiger partial charge in [-0.05, 0) is 41.7 Å². The van der Waals surface area contributed by atoms with Crippen molar-refractivity contribution >= 4 is 24.5 Å². The van der Waals surface area contributed by atoms with Gasteiger partial charge in [-0.2, -0.15) is 17.6 Å². The second kappa shape index (κ2) is 11.1. The average molecular weight is 614 g/mol. The van der Waals surface area contributed by atoms with Gasteiger partial charge in [0.2, 0.25) is 0 Å². The highest BCUT2D eigenvalue weighted by molar-refractivity contribution is 7.52. The van der Waals surface area contributed by atoms with Crippen molar-refractivity contribution in [3.8, 4) is 0 Å². The smallest absolute Gasteiger partial charge is 0.399 e. The van der Waals surface area contributed by atoms with Gasteiger partial charge < -0.3 is 19.4 Å². The molecule has 0 bridgehead atoms. The number of aromatic nitrogens is 1. The largest absolute Gasteiger partial charge is 0.477 e. The van der Waals surface area contributed by atoms with Crippen molar-refractivity contribution in [1.29, 1.82) is 0 Å². The van der Waals surface area contributed by atoms with Crippen molar-refractivity contribution in [1.82, 2.24) is 5.16 Å². The first-order valence-corrected chi connectivity index (χ1v) is 14.5. The summed E-state index contributed by atoms with van der Waals surface area (Å²) in [7, 11) is -5.78. The minimum Gasteiger partial charge on any atom is -0.477 e. The van der Waals surface area contributed by atoms with Crippen LogP contribution in [-0.4, -0.2) is 26.0 Å². The van der Waals surface area contributed by atoms with E-state index in [1.807, 2.05) is 12.1 Å². The Kier molecular flexibility index (Phi) is 7.77. The van der Waals surface area contributed by atoms with Crippen molar-refractivity contribution in [2.24, 2.45) is 0 Å². The molecule has 1 aromatic heterocycles. The molecule has 0 spiro atoms. The molecule has 0 saturated carbocycles. The quantitative estimate of drug-likeness (QED) is 0.115. The standard InChI is InChI=1S/C31H24F4NO6P/c32-30(33,28(37)38)23-14-10-20(11-15-23)18-29(22-6-2-1-3-7-22,27-25-8-4-5-9-26(25)42-36-27)19-21-12-16-24(17-13-21)31(34,35)43(39,40)41/h1-17H,18-19H2,(H,37,38)(H2,39,40,41). The number of para-hydroxylation sites is 1. The Balaban J connectivity index is 1.67. The second-order valence-electron chi connectivity index (χ2n) is 10.2. The maximum Gasteiger partial charge on any atom is 0.399 e. The third kappa shape index (κ3) is 5.59. The van der Waals surface area contributed by atoms with Gasteiger partial charge in [-0.1, -0.05) is 96.2 Å². The van der Waals surface area contributed by atoms with Gasteiger partial charge in [0.15, 0.2) is 5.58 Å². The summed E-state index contributed by atoms with van der Waals surface area (Å²) in [4.78, 5) is 29.4. The van der Waals surface area contributed by atoms with Crippen molar-refractivity contribution < 1.29 is 46.3 Å². The van der Waals surface area contributed by atoms with Gasteiger partial charge in [0.25, 0.3) is 0 Å². The van der Waals surface area contributed by atoms with Gasteiger partial charge in [-0.25, -0.2) is 4.79 Å². The second-order valence-corrected chi connectivity index (χ2v) is 11.8. The zero-order valence-electron chi connectivity index (χ0n) is 22.2. The molecule has 0 fully saturated rings. The molecule has 0 amide bonds. The lowest BCUT2D eigenvalue weighted by atomic mass is 9.68. The lowest BCUT2D eigenvalue weighted by Crippen LogP contribution is -2.34. The van der Waals surface area contributed by atoms with Crippen LogP contribution in [-0.2, 0) is 39.2 Å². The fourth-order valence-electron chi connectivity index (χ4n) is 5.20. The van der Waals surface area contributed by atoms with Crippen LogP contribution in [0.15, 0.2) is 108 Å². The van der Waals surface area contributed by atoms with Crippen molar-refractivity contribution in [2.45, 2.75) is 29.8 Å². The van der Waals surface area contributed by atoms with Crippen LogP contribution in [0.2, 0.25) is 0 Å². The Hall–Kier alpha value is -4.31. The summed E-state index contributed by atoms with van der Waals surface area (Å²) < 4.78 is 74.1. The SMILES string of the molecule is O=C(O)C(F)(F)c1ccc(CC(Cc2ccc(C(F)(F)P(=O)(O)O)cc2)(c2ccccc2)c2noc3ccccc23)cc1. The highest BCUT2D eigenvalue weighted by Gasteiger charge is 2.50. The van der Waals surface area contributed by atoms with E-state index in [1.54, 1.807) is 42.5 Å². The van der Waals surface area contributed by atoms with E-state index in [0.717, 1.165) is 29.8 Å². The molecular formula is C31H24F4NO6P. The van der Waals surface area contributed by atoms with Crippen molar-refractivity contribution in [3.63, 3.8) is 0 Å². The molecule has 0 aliphatic heterocycles. The van der Waals surface area contributed by atoms with E-state index in [-0.39, 0.29) is 12.8 Å². The summed E-state index contributed by atoms with van der Waals surface area (Å²) in [5.74, 6) is -6.37. The monoisotopic (exact) mass is 613 g/mol. The number of fused-ring (bicyclic) bond motifs is 1. The maximum absolute atomic E-state index is 14.4. The Labute approximate surface area is 242 Å². The first kappa shape index (κ1) is 30.2. The van der Waals surface area contributed by atoms with Crippen molar-refractivity contribution in [3.05, 3.63) is 137 Å². The third-order valence-corrected chi connectivity index (χ3v) is 8.41. The van der Waals surface area contributed by atoms with Gasteiger partial charge in [0.05, 0.1) is 0 Å². The molecule has 43 heavy (non-hydrogen) atoms. The van der Waals surface area contributed by atoms with Crippen LogP contribution in [0.5, 0.6) is 0 Å². The van der Waals surface area contributed by atoms with E-state index < -0.39 is 41.7 Å². The first-order chi connectivity index (χ1) is 20.3. The molecule has 1 atom stereocenters. The Morgan fingerprint density at radius 3 is 1.77 bits per heavy atom. The molecule has 7 nitrogen and oxygen atoms in total. The average Bonchev–Trinajstić information content (AvgIpc) is 3.42. The van der Waals surface area contributed by atoms with Crippen LogP contribution in [0.4, 0.5) is 17.6 Å². The van der Waals surface area contributed by atoms with Gasteiger partial charge in [-0.15, -0.1) is 0 Å². The number of carboxylic acids is 1. The summed E-state index contributed by atoms with van der Waals surface area (Å²) in [6, 6.07) is 25.6. The number of alkyl halides is 4. The molecule has 0 saturated heterocycles. The number of carboxylic acid groups (broad SMARTS) is 1. The first-order valence-electron chi connectivity index (χ1n) is 12.9. The van der Waals surface area contributed by atoms with Crippen LogP contribution in [0.3, 0.4) is 0 Å². The number of rotatable bonds is 10. The lowest BCUT2D eigenvalue weighted by Gasteiger charge is -2.34. The number of benzene rings is 4. The van der Waals surface area contributed by atoms with Gasteiger partial charge >= 0.3 is 25.2 Å². The highest BCUT2D eigenvalue weighted by atomic mass is 31.2. The molecule has 5 rings (SSSR count). The molecule has 3 N–H and O–H groups in total. The highest BCUT2D eigenvalue weighted by Crippen LogP contribution is 2.59. The van der Waals surface area contributed by atoms with E-state index in [0.29, 0.717) is 27.8 Å². The van der Waals surface area contributed by atoms with E-state index in [1.165, 1.54) is 24.3 Å². The number of hydrogen-bond acceptors (Lipinski definition) is 4. The number of carbonyl (C=O) groups is 1. The van der Waals surface area contributed by atoms with Crippen LogP contribution < -0.4 is 0 Å². The number of halogens is 4. The molecule has 5 aromatic rings. The van der Waals surface area contributed by atoms with Gasteiger partial charge in [0, 0.05) is 21.9 Å². The summed E-state index contributed by atoms with van der Waals surface area (Å²) >= 11 is 0. The van der Waals surface area contributed by atoms with Crippen LogP contribution in [0, 0.1) is 0 Å². The molecule has 4 aromatic carbocycles. The van der Waals surface area contributed by atoms with Gasteiger partial charge in [-0.3, -0.25) is 4.57 Å². The summed E-state index contributed by atoms with van der Waals surface area (Å²) in [5.41, 5.74) is -4.24. The molecule has 0 aliphatic rings. The fraction of sp³-hybridized carbons (Fsp3) is 0.161. The lowest BCUT2D eigenvalue weighted by molar-refractivity contribution is -0.166. The predicted octanol–water partition coefficient (Wildman–Crippen LogP) is 7.00. The summed E-state index contributed by atoms with van der Waals surface area (Å²) in [6.45, 7) is 0. The zero-order chi connectivity index (χ0) is 31.0. The topological polar surface area (TPSA) is 121 Å². The Morgan fingerprint density at radius 1 is 0.721 bits per heavy atom.